The number of amides is 1. The monoisotopic (exact) mass is 385 g/mol. The number of phenols is 1. The van der Waals surface area contributed by atoms with Gasteiger partial charge in [-0.2, -0.15) is 0 Å². The Morgan fingerprint density at radius 2 is 1.96 bits per heavy atom. The van der Waals surface area contributed by atoms with E-state index in [2.05, 4.69) is 11.8 Å². The largest absolute Gasteiger partial charge is 0.504 e. The fraction of sp³-hybridized carbons (Fsp3) is 0.286. The van der Waals surface area contributed by atoms with Crippen LogP contribution in [0.25, 0.3) is 0 Å². The summed E-state index contributed by atoms with van der Waals surface area (Å²) in [5.41, 5.74) is 0.0388. The number of phenolic OH excluding ortho intramolecular Hbond substituents is 1. The molecule has 5 nitrogen and oxygen atoms in total. The summed E-state index contributed by atoms with van der Waals surface area (Å²) in [4.78, 5) is 14.3. The molecule has 1 fully saturated rings. The van der Waals surface area contributed by atoms with Crippen LogP contribution in [0.1, 0.15) is 28.8 Å². The average molecular weight is 386 g/mol. The van der Waals surface area contributed by atoms with Gasteiger partial charge in [-0.1, -0.05) is 29.5 Å². The first-order valence-electron chi connectivity index (χ1n) is 8.58. The highest BCUT2D eigenvalue weighted by Crippen LogP contribution is 2.28. The Kier molecular flexibility index (Phi) is 5.59. The molecule has 2 aromatic rings. The van der Waals surface area contributed by atoms with Crippen molar-refractivity contribution in [2.45, 2.75) is 18.4 Å². The normalized spacial score (nSPS) is 15.6. The van der Waals surface area contributed by atoms with Gasteiger partial charge in [0.2, 0.25) is 0 Å². The van der Waals surface area contributed by atoms with Gasteiger partial charge >= 0.3 is 0 Å². The lowest BCUT2D eigenvalue weighted by atomic mass is 9.91. The van der Waals surface area contributed by atoms with E-state index < -0.39 is 5.60 Å². The number of piperidine rings is 1. The molecule has 1 amide bonds. The van der Waals surface area contributed by atoms with Gasteiger partial charge < -0.3 is 19.8 Å². The van der Waals surface area contributed by atoms with Crippen LogP contribution >= 0.6 is 11.6 Å². The Bertz CT molecular complexity index is 908. The fourth-order valence-corrected chi connectivity index (χ4v) is 3.14. The standard InChI is InChI=1S/C21H20ClNO4/c1-27-19-14-16(5-6-18(19)24)20(25)23-11-9-21(26,10-12-23)8-7-15-3-2-4-17(22)13-15/h2-6,13-14,24,26H,9-12H2,1H3. The Hall–Kier alpha value is -2.68. The molecule has 140 valence electrons. The zero-order valence-corrected chi connectivity index (χ0v) is 15.7. The van der Waals surface area contributed by atoms with Crippen LogP contribution < -0.4 is 4.74 Å². The molecule has 3 rings (SSSR count). The van der Waals surface area contributed by atoms with Crippen LogP contribution in [0.15, 0.2) is 42.5 Å². The third-order valence-electron chi connectivity index (χ3n) is 4.57. The maximum Gasteiger partial charge on any atom is 0.253 e. The number of benzene rings is 2. The second kappa shape index (κ2) is 7.91. The number of halogens is 1. The molecule has 2 N–H and O–H groups in total. The van der Waals surface area contributed by atoms with Crippen molar-refractivity contribution in [1.29, 1.82) is 0 Å². The summed E-state index contributed by atoms with van der Waals surface area (Å²) in [5, 5.41) is 20.9. The van der Waals surface area contributed by atoms with E-state index in [4.69, 9.17) is 16.3 Å². The minimum absolute atomic E-state index is 0.0154. The van der Waals surface area contributed by atoms with Gasteiger partial charge in [0.1, 0.15) is 5.60 Å². The lowest BCUT2D eigenvalue weighted by Gasteiger charge is -2.35. The van der Waals surface area contributed by atoms with Gasteiger partial charge in [-0.3, -0.25) is 4.79 Å². The van der Waals surface area contributed by atoms with Crippen LogP contribution in [0, 0.1) is 11.8 Å². The minimum Gasteiger partial charge on any atom is -0.504 e. The maximum atomic E-state index is 12.7. The van der Waals surface area contributed by atoms with Crippen LogP contribution in [0.4, 0.5) is 0 Å². The number of aliphatic hydroxyl groups is 1. The van der Waals surface area contributed by atoms with Crippen molar-refractivity contribution in [3.8, 4) is 23.3 Å². The van der Waals surface area contributed by atoms with Gasteiger partial charge in [-0.05, 0) is 36.4 Å². The number of likely N-dealkylation sites (tertiary alicyclic amines) is 1. The predicted octanol–water partition coefficient (Wildman–Crippen LogP) is 3.07. The first-order chi connectivity index (χ1) is 12.9. The molecule has 0 aromatic heterocycles. The summed E-state index contributed by atoms with van der Waals surface area (Å²) in [7, 11) is 1.43. The Balaban J connectivity index is 1.67. The Morgan fingerprint density at radius 1 is 1.22 bits per heavy atom. The molecule has 0 spiro atoms. The number of methoxy groups -OCH3 is 1. The van der Waals surface area contributed by atoms with Crippen molar-refractivity contribution in [3.05, 3.63) is 58.6 Å². The van der Waals surface area contributed by atoms with Crippen molar-refractivity contribution < 1.29 is 19.7 Å². The number of ether oxygens (including phenoxy) is 1. The van der Waals surface area contributed by atoms with Crippen LogP contribution in [0.5, 0.6) is 11.5 Å². The van der Waals surface area contributed by atoms with E-state index in [1.807, 2.05) is 12.1 Å². The highest BCUT2D eigenvalue weighted by molar-refractivity contribution is 6.30. The molecule has 0 radical (unpaired) electrons. The number of nitrogens with zero attached hydrogens (tertiary/aromatic N) is 1. The molecule has 27 heavy (non-hydrogen) atoms. The van der Waals surface area contributed by atoms with E-state index in [0.29, 0.717) is 36.5 Å². The van der Waals surface area contributed by atoms with Crippen molar-refractivity contribution in [3.63, 3.8) is 0 Å². The summed E-state index contributed by atoms with van der Waals surface area (Å²) in [6.07, 6.45) is 0.725. The molecule has 0 bridgehead atoms. The van der Waals surface area contributed by atoms with E-state index in [1.165, 1.54) is 19.2 Å². The SMILES string of the molecule is COc1cc(C(=O)N2CCC(O)(C#Cc3cccc(Cl)c3)CC2)ccc1O. The Labute approximate surface area is 163 Å². The topological polar surface area (TPSA) is 70.0 Å². The summed E-state index contributed by atoms with van der Waals surface area (Å²) in [6, 6.07) is 11.7. The minimum atomic E-state index is -1.13. The molecule has 1 saturated heterocycles. The van der Waals surface area contributed by atoms with Gasteiger partial charge in [0.15, 0.2) is 11.5 Å². The summed E-state index contributed by atoms with van der Waals surface area (Å²) >= 11 is 5.95. The van der Waals surface area contributed by atoms with Gasteiger partial charge in [0, 0.05) is 42.1 Å². The van der Waals surface area contributed by atoms with Crippen molar-refractivity contribution in [1.82, 2.24) is 4.90 Å². The zero-order chi connectivity index (χ0) is 19.4. The van der Waals surface area contributed by atoms with Crippen molar-refractivity contribution >= 4 is 17.5 Å². The van der Waals surface area contributed by atoms with Crippen LogP contribution in [-0.2, 0) is 0 Å². The van der Waals surface area contributed by atoms with E-state index >= 15 is 0 Å². The maximum absolute atomic E-state index is 12.7. The second-order valence-electron chi connectivity index (χ2n) is 6.47. The number of rotatable bonds is 2. The molecule has 0 aliphatic carbocycles. The highest BCUT2D eigenvalue weighted by Gasteiger charge is 2.32. The van der Waals surface area contributed by atoms with E-state index in [0.717, 1.165) is 5.56 Å². The third-order valence-corrected chi connectivity index (χ3v) is 4.80. The number of hydrogen-bond acceptors (Lipinski definition) is 4. The summed E-state index contributed by atoms with van der Waals surface area (Å²) < 4.78 is 5.05. The Morgan fingerprint density at radius 3 is 2.63 bits per heavy atom. The van der Waals surface area contributed by atoms with Crippen molar-refractivity contribution in [2.75, 3.05) is 20.2 Å². The molecule has 0 unspecified atom stereocenters. The van der Waals surface area contributed by atoms with Gasteiger partial charge in [-0.25, -0.2) is 0 Å². The molecule has 1 aliphatic heterocycles. The zero-order valence-electron chi connectivity index (χ0n) is 14.9. The van der Waals surface area contributed by atoms with E-state index in [9.17, 15) is 15.0 Å². The molecule has 1 aliphatic rings. The quantitative estimate of drug-likeness (QED) is 0.779. The lowest BCUT2D eigenvalue weighted by molar-refractivity contribution is 0.0249. The number of hydrogen-bond donors (Lipinski definition) is 2. The molecule has 0 atom stereocenters. The molecule has 2 aromatic carbocycles. The summed E-state index contributed by atoms with van der Waals surface area (Å²) in [6.45, 7) is 0.783. The first kappa shape index (κ1) is 19.1. The lowest BCUT2D eigenvalue weighted by Crippen LogP contribution is -2.46. The van der Waals surface area contributed by atoms with Crippen LogP contribution in [-0.4, -0.2) is 46.8 Å². The van der Waals surface area contributed by atoms with Crippen molar-refractivity contribution in [2.24, 2.45) is 0 Å². The van der Waals surface area contributed by atoms with Crippen LogP contribution in [0.3, 0.4) is 0 Å². The molecular weight excluding hydrogens is 366 g/mol. The highest BCUT2D eigenvalue weighted by atomic mass is 35.5. The van der Waals surface area contributed by atoms with Gasteiger partial charge in [0.25, 0.3) is 5.91 Å². The molecule has 6 heteroatoms. The first-order valence-corrected chi connectivity index (χ1v) is 8.95. The number of carbonyl (C=O) groups excluding carboxylic acids is 1. The summed E-state index contributed by atoms with van der Waals surface area (Å²) in [5.74, 6) is 5.95. The van der Waals surface area contributed by atoms with E-state index in [-0.39, 0.29) is 17.4 Å². The number of aromatic hydroxyl groups is 1. The third kappa shape index (κ3) is 4.54. The molecule has 1 heterocycles. The average Bonchev–Trinajstić information content (AvgIpc) is 2.67. The molecule has 0 saturated carbocycles. The van der Waals surface area contributed by atoms with E-state index in [1.54, 1.807) is 23.1 Å². The van der Waals surface area contributed by atoms with Gasteiger partial charge in [-0.15, -0.1) is 0 Å². The predicted molar refractivity (Wildman–Crippen MR) is 103 cm³/mol. The number of carbonyl (C=O) groups is 1. The second-order valence-corrected chi connectivity index (χ2v) is 6.91. The molecular formula is C21H20ClNO4. The fourth-order valence-electron chi connectivity index (χ4n) is 2.95. The van der Waals surface area contributed by atoms with Crippen LogP contribution in [0.2, 0.25) is 5.02 Å². The van der Waals surface area contributed by atoms with Gasteiger partial charge in [0.05, 0.1) is 7.11 Å². The smallest absolute Gasteiger partial charge is 0.253 e.